The van der Waals surface area contributed by atoms with Crippen molar-refractivity contribution in [3.63, 3.8) is 0 Å². The van der Waals surface area contributed by atoms with Crippen molar-refractivity contribution >= 4 is 33.7 Å². The van der Waals surface area contributed by atoms with Crippen molar-refractivity contribution in [3.8, 4) is 5.69 Å². The molecule has 8 heteroatoms. The summed E-state index contributed by atoms with van der Waals surface area (Å²) in [4.78, 5) is 22.7. The minimum absolute atomic E-state index is 0.0794. The molecule has 1 amide bonds. The molecular formula is C21H19BrN4O3. The summed E-state index contributed by atoms with van der Waals surface area (Å²) >= 11 is 3.49. The van der Waals surface area contributed by atoms with Gasteiger partial charge in [0.15, 0.2) is 0 Å². The third-order valence-corrected chi connectivity index (χ3v) is 4.96. The van der Waals surface area contributed by atoms with Gasteiger partial charge in [0.2, 0.25) is 5.91 Å². The van der Waals surface area contributed by atoms with Gasteiger partial charge in [-0.3, -0.25) is 14.9 Å². The molecule has 0 aliphatic carbocycles. The van der Waals surface area contributed by atoms with Crippen molar-refractivity contribution < 1.29 is 9.72 Å². The van der Waals surface area contributed by atoms with Crippen molar-refractivity contribution in [1.29, 1.82) is 0 Å². The Labute approximate surface area is 176 Å². The van der Waals surface area contributed by atoms with E-state index < -0.39 is 10.8 Å². The van der Waals surface area contributed by atoms with Crippen LogP contribution in [0.1, 0.15) is 22.5 Å². The van der Waals surface area contributed by atoms with Gasteiger partial charge in [-0.05, 0) is 38.1 Å². The predicted molar refractivity (Wildman–Crippen MR) is 115 cm³/mol. The van der Waals surface area contributed by atoms with Crippen LogP contribution in [-0.4, -0.2) is 21.6 Å². The zero-order chi connectivity index (χ0) is 21.0. The number of benzene rings is 2. The second kappa shape index (κ2) is 8.83. The van der Waals surface area contributed by atoms with Gasteiger partial charge in [0.25, 0.3) is 5.69 Å². The van der Waals surface area contributed by atoms with E-state index in [0.29, 0.717) is 5.56 Å². The van der Waals surface area contributed by atoms with E-state index in [0.717, 1.165) is 27.1 Å². The molecular weight excluding hydrogens is 436 g/mol. The first-order valence-corrected chi connectivity index (χ1v) is 9.65. The van der Waals surface area contributed by atoms with Crippen LogP contribution in [0.5, 0.6) is 0 Å². The Morgan fingerprint density at radius 1 is 1.21 bits per heavy atom. The average Bonchev–Trinajstić information content (AvgIpc) is 2.95. The van der Waals surface area contributed by atoms with Crippen LogP contribution in [0.4, 0.5) is 5.69 Å². The van der Waals surface area contributed by atoms with Gasteiger partial charge in [0.1, 0.15) is 0 Å². The van der Waals surface area contributed by atoms with E-state index in [-0.39, 0.29) is 12.1 Å². The van der Waals surface area contributed by atoms with Crippen LogP contribution >= 0.6 is 15.9 Å². The van der Waals surface area contributed by atoms with Crippen molar-refractivity contribution in [2.75, 3.05) is 0 Å². The number of hydrogen-bond donors (Lipinski definition) is 1. The fraction of sp³-hybridized carbons (Fsp3) is 0.143. The number of hydrogen-bond acceptors (Lipinski definition) is 4. The van der Waals surface area contributed by atoms with Gasteiger partial charge < -0.3 is 4.57 Å². The lowest BCUT2D eigenvalue weighted by Gasteiger charge is -2.09. The van der Waals surface area contributed by atoms with Gasteiger partial charge in [-0.1, -0.05) is 40.2 Å². The molecule has 0 spiro atoms. The molecule has 0 bridgehead atoms. The molecule has 1 aromatic heterocycles. The molecule has 0 saturated heterocycles. The van der Waals surface area contributed by atoms with Crippen LogP contribution < -0.4 is 5.43 Å². The number of nitro benzene ring substituents is 1. The quantitative estimate of drug-likeness (QED) is 0.338. The molecule has 0 unspecified atom stereocenters. The maximum Gasteiger partial charge on any atom is 0.273 e. The van der Waals surface area contributed by atoms with E-state index in [1.54, 1.807) is 24.4 Å². The molecule has 0 radical (unpaired) electrons. The van der Waals surface area contributed by atoms with E-state index in [4.69, 9.17) is 0 Å². The Balaban J connectivity index is 1.72. The molecule has 7 nitrogen and oxygen atoms in total. The molecule has 3 aromatic rings. The highest BCUT2D eigenvalue weighted by Gasteiger charge is 2.15. The zero-order valence-electron chi connectivity index (χ0n) is 15.9. The minimum atomic E-state index is -0.497. The van der Waals surface area contributed by atoms with E-state index in [2.05, 4.69) is 31.0 Å². The second-order valence-electron chi connectivity index (χ2n) is 6.50. The summed E-state index contributed by atoms with van der Waals surface area (Å²) in [6.07, 6.45) is 1.46. The highest BCUT2D eigenvalue weighted by Crippen LogP contribution is 2.22. The number of para-hydroxylation sites is 1. The highest BCUT2D eigenvalue weighted by molar-refractivity contribution is 9.10. The van der Waals surface area contributed by atoms with Crippen LogP contribution in [0.25, 0.3) is 5.69 Å². The van der Waals surface area contributed by atoms with Gasteiger partial charge in [-0.2, -0.15) is 5.10 Å². The Morgan fingerprint density at radius 2 is 1.97 bits per heavy atom. The number of aryl methyl sites for hydroxylation is 1. The summed E-state index contributed by atoms with van der Waals surface area (Å²) in [7, 11) is 0. The van der Waals surface area contributed by atoms with Crippen LogP contribution in [0.15, 0.2) is 64.2 Å². The summed E-state index contributed by atoms with van der Waals surface area (Å²) < 4.78 is 3.08. The number of carbonyl (C=O) groups is 1. The fourth-order valence-corrected chi connectivity index (χ4v) is 3.54. The van der Waals surface area contributed by atoms with Crippen LogP contribution in [0.3, 0.4) is 0 Å². The third-order valence-electron chi connectivity index (χ3n) is 4.47. The summed E-state index contributed by atoms with van der Waals surface area (Å²) in [6, 6.07) is 16.1. The maximum atomic E-state index is 12.1. The normalized spacial score (nSPS) is 11.0. The number of nitro groups is 1. The molecule has 29 heavy (non-hydrogen) atoms. The van der Waals surface area contributed by atoms with Gasteiger partial charge >= 0.3 is 0 Å². The van der Waals surface area contributed by atoms with Crippen LogP contribution in [0.2, 0.25) is 0 Å². The molecule has 0 aliphatic rings. The lowest BCUT2D eigenvalue weighted by Crippen LogP contribution is -2.20. The number of hydrazone groups is 1. The van der Waals surface area contributed by atoms with Crippen LogP contribution in [0, 0.1) is 24.0 Å². The molecule has 0 atom stereocenters. The smallest absolute Gasteiger partial charge is 0.273 e. The average molecular weight is 455 g/mol. The first-order valence-electron chi connectivity index (χ1n) is 8.86. The molecule has 3 rings (SSSR count). The molecule has 0 fully saturated rings. The number of amides is 1. The lowest BCUT2D eigenvalue weighted by atomic mass is 10.1. The molecule has 1 heterocycles. The molecule has 0 saturated carbocycles. The van der Waals surface area contributed by atoms with Crippen molar-refractivity contribution in [3.05, 3.63) is 91.7 Å². The number of nitrogens with zero attached hydrogens (tertiary/aromatic N) is 3. The number of halogens is 1. The number of aromatic nitrogens is 1. The molecule has 0 aliphatic heterocycles. The number of nitrogens with one attached hydrogen (secondary N) is 1. The monoisotopic (exact) mass is 454 g/mol. The van der Waals surface area contributed by atoms with Gasteiger partial charge in [0.05, 0.1) is 17.6 Å². The van der Waals surface area contributed by atoms with Crippen molar-refractivity contribution in [1.82, 2.24) is 9.99 Å². The Bertz CT molecular complexity index is 1110. The summed E-state index contributed by atoms with van der Waals surface area (Å²) in [5.41, 5.74) is 6.62. The highest BCUT2D eigenvalue weighted by atomic mass is 79.9. The SMILES string of the molecule is Cc1cc(C=NNC(=O)Cc2ccccc2[N+](=O)[O-])c(C)n1-c1cccc(Br)c1. The first kappa shape index (κ1) is 20.5. The lowest BCUT2D eigenvalue weighted by molar-refractivity contribution is -0.385. The third kappa shape index (κ3) is 4.78. The summed E-state index contributed by atoms with van der Waals surface area (Å²) in [6.45, 7) is 3.97. The molecule has 1 N–H and O–H groups in total. The summed E-state index contributed by atoms with van der Waals surface area (Å²) in [5, 5.41) is 15.1. The van der Waals surface area contributed by atoms with Gasteiger partial charge in [-0.15, -0.1) is 0 Å². The molecule has 2 aromatic carbocycles. The van der Waals surface area contributed by atoms with E-state index >= 15 is 0 Å². The Kier molecular flexibility index (Phi) is 6.23. The van der Waals surface area contributed by atoms with Gasteiger partial charge in [-0.25, -0.2) is 5.43 Å². The van der Waals surface area contributed by atoms with E-state index in [9.17, 15) is 14.9 Å². The largest absolute Gasteiger partial charge is 0.318 e. The summed E-state index contributed by atoms with van der Waals surface area (Å²) in [5.74, 6) is -0.420. The zero-order valence-corrected chi connectivity index (χ0v) is 17.5. The van der Waals surface area contributed by atoms with E-state index in [1.807, 2.05) is 44.2 Å². The molecule has 148 valence electrons. The topological polar surface area (TPSA) is 89.5 Å². The number of rotatable bonds is 6. The predicted octanol–water partition coefficient (Wildman–Crippen LogP) is 4.46. The van der Waals surface area contributed by atoms with Crippen LogP contribution in [-0.2, 0) is 11.2 Å². The standard InChI is InChI=1S/C21H19BrN4O3/c1-14-10-17(15(2)25(14)19-8-5-7-18(22)12-19)13-23-24-21(27)11-16-6-3-4-9-20(16)26(28)29/h3-10,12-13H,11H2,1-2H3,(H,24,27). The van der Waals surface area contributed by atoms with E-state index in [1.165, 1.54) is 6.07 Å². The first-order chi connectivity index (χ1) is 13.9. The Morgan fingerprint density at radius 3 is 2.69 bits per heavy atom. The Hall–Kier alpha value is -3.26. The number of carbonyl (C=O) groups excluding carboxylic acids is 1. The second-order valence-corrected chi connectivity index (χ2v) is 7.41. The minimum Gasteiger partial charge on any atom is -0.318 e. The van der Waals surface area contributed by atoms with Crippen molar-refractivity contribution in [2.24, 2.45) is 5.10 Å². The fourth-order valence-electron chi connectivity index (χ4n) is 3.16. The van der Waals surface area contributed by atoms with Gasteiger partial charge in [0, 0.05) is 38.7 Å². The van der Waals surface area contributed by atoms with Crippen molar-refractivity contribution in [2.45, 2.75) is 20.3 Å². The maximum absolute atomic E-state index is 12.1.